The highest BCUT2D eigenvalue weighted by Crippen LogP contribution is 2.28. The van der Waals surface area contributed by atoms with Crippen molar-refractivity contribution in [1.82, 2.24) is 16.0 Å². The molecule has 1 aliphatic carbocycles. The molecule has 3 atom stereocenters. The third kappa shape index (κ3) is 11.4. The fourth-order valence-electron chi connectivity index (χ4n) is 4.39. The van der Waals surface area contributed by atoms with Crippen LogP contribution in [0.3, 0.4) is 0 Å². The predicted octanol–water partition coefficient (Wildman–Crippen LogP) is 2.84. The second-order valence-corrected chi connectivity index (χ2v) is 11.2. The van der Waals surface area contributed by atoms with Crippen LogP contribution in [0.15, 0.2) is 42.5 Å². The van der Waals surface area contributed by atoms with E-state index in [-0.39, 0.29) is 36.4 Å². The zero-order valence-corrected chi connectivity index (χ0v) is 23.8. The van der Waals surface area contributed by atoms with Crippen LogP contribution in [0.2, 0.25) is 0 Å². The van der Waals surface area contributed by atoms with E-state index in [0.717, 1.165) is 12.3 Å². The summed E-state index contributed by atoms with van der Waals surface area (Å²) < 4.78 is 4.64. The molecule has 2 fully saturated rings. The lowest BCUT2D eigenvalue weighted by atomic mass is 9.91. The molecule has 214 valence electrons. The van der Waals surface area contributed by atoms with Gasteiger partial charge in [-0.05, 0) is 62.3 Å². The fourth-order valence-corrected chi connectivity index (χ4v) is 4.39. The molecule has 0 spiro atoms. The number of esters is 1. The fraction of sp³-hybridized carbons (Fsp3) is 0.533. The number of amides is 3. The van der Waals surface area contributed by atoms with Crippen LogP contribution in [0.4, 0.5) is 0 Å². The largest absolute Gasteiger partial charge is 0.467 e. The Labute approximate surface area is 231 Å². The molecule has 1 saturated heterocycles. The Kier molecular flexibility index (Phi) is 12.4. The van der Waals surface area contributed by atoms with E-state index in [4.69, 9.17) is 5.73 Å². The minimum atomic E-state index is -0.916. The third-order valence-corrected chi connectivity index (χ3v) is 6.56. The molecule has 3 amide bonds. The number of hydrogen-bond donors (Lipinski definition) is 4. The van der Waals surface area contributed by atoms with Crippen LogP contribution >= 0.6 is 0 Å². The molecule has 2 aromatic rings. The number of nitrogens with one attached hydrogen (secondary N) is 3. The second kappa shape index (κ2) is 15.2. The van der Waals surface area contributed by atoms with Gasteiger partial charge >= 0.3 is 5.97 Å². The average molecular weight is 541 g/mol. The van der Waals surface area contributed by atoms with Gasteiger partial charge in [0.1, 0.15) is 6.04 Å². The smallest absolute Gasteiger partial charge is 0.328 e. The van der Waals surface area contributed by atoms with Crippen LogP contribution in [0, 0.1) is 11.8 Å². The summed E-state index contributed by atoms with van der Waals surface area (Å²) in [6.45, 7) is 7.87. The molecule has 9 heteroatoms. The summed E-state index contributed by atoms with van der Waals surface area (Å²) in [6.07, 6.45) is 5.04. The van der Waals surface area contributed by atoms with Crippen LogP contribution < -0.4 is 21.7 Å². The highest BCUT2D eigenvalue weighted by atomic mass is 16.5. The zero-order chi connectivity index (χ0) is 29.0. The number of ether oxygens (including phenoxy) is 1. The molecular weight excluding hydrogens is 496 g/mol. The molecule has 0 bridgehead atoms. The van der Waals surface area contributed by atoms with E-state index < -0.39 is 17.9 Å². The first-order valence-corrected chi connectivity index (χ1v) is 13.5. The van der Waals surface area contributed by atoms with Crippen LogP contribution in [0.25, 0.3) is 10.8 Å². The maximum atomic E-state index is 11.9. The first-order chi connectivity index (χ1) is 18.5. The van der Waals surface area contributed by atoms with E-state index in [9.17, 15) is 19.2 Å². The molecule has 4 rings (SSSR count). The average Bonchev–Trinajstić information content (AvgIpc) is 3.62. The first kappa shape index (κ1) is 31.8. The SMILES string of the molecule is CC(N)Cc1cccc2ccccc12.CC1CC1.COC(=O)C(CC1CC(C)(C)NC1=O)NC(=O)CNC=O. The summed E-state index contributed by atoms with van der Waals surface area (Å²) in [5.74, 6) is -0.570. The number of methoxy groups -OCH3 is 1. The maximum Gasteiger partial charge on any atom is 0.328 e. The monoisotopic (exact) mass is 540 g/mol. The molecule has 1 aliphatic heterocycles. The number of benzene rings is 2. The summed E-state index contributed by atoms with van der Waals surface area (Å²) in [5, 5.41) is 10.1. The third-order valence-electron chi connectivity index (χ3n) is 6.56. The maximum absolute atomic E-state index is 11.9. The van der Waals surface area contributed by atoms with Crippen molar-refractivity contribution in [3.05, 3.63) is 48.0 Å². The predicted molar refractivity (Wildman–Crippen MR) is 153 cm³/mol. The van der Waals surface area contributed by atoms with Gasteiger partial charge < -0.3 is 26.4 Å². The lowest BCUT2D eigenvalue weighted by Gasteiger charge is -2.19. The normalized spacial score (nSPS) is 18.7. The van der Waals surface area contributed by atoms with Crippen molar-refractivity contribution in [3.8, 4) is 0 Å². The topological polar surface area (TPSA) is 140 Å². The van der Waals surface area contributed by atoms with Crippen molar-refractivity contribution < 1.29 is 23.9 Å². The van der Waals surface area contributed by atoms with Gasteiger partial charge in [0.05, 0.1) is 13.7 Å². The Morgan fingerprint density at radius 3 is 2.36 bits per heavy atom. The molecule has 39 heavy (non-hydrogen) atoms. The molecule has 1 heterocycles. The Bertz CT molecular complexity index is 1110. The summed E-state index contributed by atoms with van der Waals surface area (Å²) in [7, 11) is 1.21. The van der Waals surface area contributed by atoms with Gasteiger partial charge in [0, 0.05) is 17.5 Å². The van der Waals surface area contributed by atoms with Gasteiger partial charge in [-0.2, -0.15) is 0 Å². The van der Waals surface area contributed by atoms with Crippen molar-refractivity contribution >= 4 is 35.0 Å². The van der Waals surface area contributed by atoms with Crippen LogP contribution in [0.1, 0.15) is 58.9 Å². The Morgan fingerprint density at radius 2 is 1.82 bits per heavy atom. The first-order valence-electron chi connectivity index (χ1n) is 13.5. The molecule has 5 N–H and O–H groups in total. The minimum absolute atomic E-state index is 0.144. The number of hydrogen-bond acceptors (Lipinski definition) is 6. The van der Waals surface area contributed by atoms with Crippen molar-refractivity contribution in [2.24, 2.45) is 17.6 Å². The van der Waals surface area contributed by atoms with E-state index in [1.807, 2.05) is 20.8 Å². The number of rotatable bonds is 9. The Hall–Kier alpha value is -3.46. The summed E-state index contributed by atoms with van der Waals surface area (Å²) in [6, 6.07) is 14.1. The number of carbonyl (C=O) groups is 4. The van der Waals surface area contributed by atoms with Crippen LogP contribution in [0.5, 0.6) is 0 Å². The highest BCUT2D eigenvalue weighted by molar-refractivity contribution is 5.88. The molecule has 0 aromatic heterocycles. The van der Waals surface area contributed by atoms with Gasteiger partial charge in [-0.3, -0.25) is 14.4 Å². The minimum Gasteiger partial charge on any atom is -0.467 e. The van der Waals surface area contributed by atoms with E-state index >= 15 is 0 Å². The van der Waals surface area contributed by atoms with E-state index in [0.29, 0.717) is 12.8 Å². The quantitative estimate of drug-likeness (QED) is 0.285. The summed E-state index contributed by atoms with van der Waals surface area (Å²) >= 11 is 0. The summed E-state index contributed by atoms with van der Waals surface area (Å²) in [4.78, 5) is 45.3. The zero-order valence-electron chi connectivity index (χ0n) is 23.8. The standard InChI is InChI=1S/C13H21N3O5.C13H15N.C4H8/c1-13(2)5-8(11(19)16-13)4-9(12(20)21-3)15-10(18)6-14-7-17;1-10(14)9-12-7-4-6-11-5-2-3-8-13(11)12;1-4-2-3-4/h7-9H,4-6H2,1-3H3,(H,14,17)(H,15,18)(H,16,19);2-8,10H,9,14H2,1H3;4H,2-3H2,1H3. The number of nitrogens with two attached hydrogens (primary N) is 1. The number of fused-ring (bicyclic) bond motifs is 1. The van der Waals surface area contributed by atoms with E-state index in [1.54, 1.807) is 0 Å². The van der Waals surface area contributed by atoms with Gasteiger partial charge in [-0.15, -0.1) is 0 Å². The second-order valence-electron chi connectivity index (χ2n) is 11.2. The van der Waals surface area contributed by atoms with Gasteiger partial charge in [-0.25, -0.2) is 4.79 Å². The molecule has 2 aromatic carbocycles. The highest BCUT2D eigenvalue weighted by Gasteiger charge is 2.40. The van der Waals surface area contributed by atoms with Crippen LogP contribution in [-0.2, 0) is 30.3 Å². The van der Waals surface area contributed by atoms with Crippen molar-refractivity contribution in [3.63, 3.8) is 0 Å². The van der Waals surface area contributed by atoms with Gasteiger partial charge in [0.2, 0.25) is 18.2 Å². The molecular formula is C30H44N4O5. The Balaban J connectivity index is 0.000000251. The molecule has 9 nitrogen and oxygen atoms in total. The van der Waals surface area contributed by atoms with Crippen LogP contribution in [-0.4, -0.2) is 55.5 Å². The van der Waals surface area contributed by atoms with Crippen molar-refractivity contribution in [2.45, 2.75) is 77.4 Å². The lowest BCUT2D eigenvalue weighted by molar-refractivity contribution is -0.145. The molecule has 2 aliphatic rings. The van der Waals surface area contributed by atoms with Gasteiger partial charge in [-0.1, -0.05) is 62.2 Å². The van der Waals surface area contributed by atoms with Crippen molar-refractivity contribution in [2.75, 3.05) is 13.7 Å². The van der Waals surface area contributed by atoms with E-state index in [1.165, 1.54) is 36.3 Å². The Morgan fingerprint density at radius 1 is 1.18 bits per heavy atom. The molecule has 3 unspecified atom stereocenters. The summed E-state index contributed by atoms with van der Waals surface area (Å²) in [5.41, 5.74) is 6.83. The van der Waals surface area contributed by atoms with Gasteiger partial charge in [0.25, 0.3) is 0 Å². The lowest BCUT2D eigenvalue weighted by Crippen LogP contribution is -2.46. The van der Waals surface area contributed by atoms with Crippen molar-refractivity contribution in [1.29, 1.82) is 0 Å². The van der Waals surface area contributed by atoms with E-state index in [2.05, 4.69) is 70.1 Å². The molecule has 0 radical (unpaired) electrons. The number of carbonyl (C=O) groups excluding carboxylic acids is 4. The van der Waals surface area contributed by atoms with Gasteiger partial charge in [0.15, 0.2) is 0 Å². The molecule has 1 saturated carbocycles.